The molecular weight excluding hydrogens is 376 g/mol. The molecule has 1 atom stereocenters. The lowest BCUT2D eigenvalue weighted by Gasteiger charge is -2.35. The Morgan fingerprint density at radius 2 is 1.93 bits per heavy atom. The van der Waals surface area contributed by atoms with Crippen molar-refractivity contribution in [3.05, 3.63) is 22.5 Å². The van der Waals surface area contributed by atoms with Crippen LogP contribution in [0.5, 0.6) is 0 Å². The van der Waals surface area contributed by atoms with Gasteiger partial charge in [0.15, 0.2) is 0 Å². The van der Waals surface area contributed by atoms with Crippen LogP contribution < -0.4 is 5.32 Å². The number of halogens is 1. The number of ether oxygens (including phenoxy) is 1. The number of aryl methyl sites for hydroxylation is 1. The Bertz CT molecular complexity index is 664. The van der Waals surface area contributed by atoms with E-state index in [1.54, 1.807) is 16.8 Å². The van der Waals surface area contributed by atoms with Gasteiger partial charge in [0.1, 0.15) is 5.15 Å². The van der Waals surface area contributed by atoms with Crippen LogP contribution in [0.25, 0.3) is 6.08 Å². The third-order valence-corrected chi connectivity index (χ3v) is 5.27. The number of rotatable bonds is 9. The Morgan fingerprint density at radius 1 is 1.25 bits per heavy atom. The summed E-state index contributed by atoms with van der Waals surface area (Å²) in [7, 11) is 0. The molecule has 1 aliphatic heterocycles. The van der Waals surface area contributed by atoms with Crippen LogP contribution in [0.1, 0.15) is 45.4 Å². The van der Waals surface area contributed by atoms with Crippen LogP contribution in [0.3, 0.4) is 0 Å². The van der Waals surface area contributed by atoms with Gasteiger partial charge in [-0.2, -0.15) is 5.10 Å². The first-order valence-corrected chi connectivity index (χ1v) is 10.7. The first kappa shape index (κ1) is 22.9. The zero-order chi connectivity index (χ0) is 20.7. The standard InChI is InChI=1S/C21H35ClN4O2/c1-15(2)12-18(25-8-10-28-11-9-25)13-23-20(27)7-6-19-17(5)24-26(21(19)22)14-16(3)4/h6-7,15-16,18H,8-14H2,1-5H3,(H,23,27)/b7-6+. The quantitative estimate of drug-likeness (QED) is 0.634. The molecule has 1 saturated heterocycles. The fourth-order valence-electron chi connectivity index (χ4n) is 3.51. The number of morpholine rings is 1. The largest absolute Gasteiger partial charge is 0.379 e. The van der Waals surface area contributed by atoms with Crippen LogP contribution >= 0.6 is 11.6 Å². The van der Waals surface area contributed by atoms with E-state index in [2.05, 4.69) is 43.0 Å². The van der Waals surface area contributed by atoms with Crippen molar-refractivity contribution in [2.75, 3.05) is 32.8 Å². The molecule has 0 spiro atoms. The van der Waals surface area contributed by atoms with Gasteiger partial charge in [-0.3, -0.25) is 14.4 Å². The summed E-state index contributed by atoms with van der Waals surface area (Å²) in [6, 6.07) is 0.334. The Balaban J connectivity index is 1.95. The van der Waals surface area contributed by atoms with Gasteiger partial charge in [0.25, 0.3) is 0 Å². The van der Waals surface area contributed by atoms with E-state index in [1.165, 1.54) is 0 Å². The summed E-state index contributed by atoms with van der Waals surface area (Å²) in [5.41, 5.74) is 1.64. The third kappa shape index (κ3) is 6.90. The SMILES string of the molecule is Cc1nn(CC(C)C)c(Cl)c1/C=C/C(=O)NCC(CC(C)C)N1CCOCC1. The molecule has 2 heterocycles. The molecule has 1 aliphatic rings. The second kappa shape index (κ2) is 11.0. The highest BCUT2D eigenvalue weighted by atomic mass is 35.5. The maximum absolute atomic E-state index is 12.4. The summed E-state index contributed by atoms with van der Waals surface area (Å²) in [6.07, 6.45) is 4.38. The van der Waals surface area contributed by atoms with E-state index < -0.39 is 0 Å². The van der Waals surface area contributed by atoms with Crippen LogP contribution in [0.2, 0.25) is 5.15 Å². The van der Waals surface area contributed by atoms with Gasteiger partial charge in [-0.15, -0.1) is 0 Å². The lowest BCUT2D eigenvalue weighted by atomic mass is 10.0. The van der Waals surface area contributed by atoms with Crippen molar-refractivity contribution in [1.29, 1.82) is 0 Å². The lowest BCUT2D eigenvalue weighted by Crippen LogP contribution is -2.49. The van der Waals surface area contributed by atoms with E-state index in [-0.39, 0.29) is 5.91 Å². The second-order valence-corrected chi connectivity index (χ2v) is 8.73. The lowest BCUT2D eigenvalue weighted by molar-refractivity contribution is -0.116. The number of amides is 1. The zero-order valence-corrected chi connectivity index (χ0v) is 18.6. The normalized spacial score (nSPS) is 17.0. The number of carbonyl (C=O) groups excluding carboxylic acids is 1. The van der Waals surface area contributed by atoms with Crippen molar-refractivity contribution in [2.45, 2.75) is 53.6 Å². The smallest absolute Gasteiger partial charge is 0.244 e. The molecule has 0 aliphatic carbocycles. The van der Waals surface area contributed by atoms with Gasteiger partial charge in [0, 0.05) is 43.9 Å². The molecule has 158 valence electrons. The maximum Gasteiger partial charge on any atom is 0.244 e. The average Bonchev–Trinajstić information content (AvgIpc) is 2.90. The Kier molecular flexibility index (Phi) is 8.99. The molecule has 6 nitrogen and oxygen atoms in total. The van der Waals surface area contributed by atoms with E-state index in [9.17, 15) is 4.79 Å². The van der Waals surface area contributed by atoms with Crippen LogP contribution in [-0.4, -0.2) is 59.5 Å². The van der Waals surface area contributed by atoms with Gasteiger partial charge in [-0.1, -0.05) is 39.3 Å². The Morgan fingerprint density at radius 3 is 2.54 bits per heavy atom. The van der Waals surface area contributed by atoms with Crippen molar-refractivity contribution < 1.29 is 9.53 Å². The molecule has 0 aromatic carbocycles. The van der Waals surface area contributed by atoms with E-state index in [0.717, 1.165) is 50.5 Å². The highest BCUT2D eigenvalue weighted by Crippen LogP contribution is 2.22. The molecule has 1 N–H and O–H groups in total. The van der Waals surface area contributed by atoms with E-state index in [1.807, 2.05) is 6.92 Å². The van der Waals surface area contributed by atoms with Crippen LogP contribution in [0, 0.1) is 18.8 Å². The Labute approximate surface area is 174 Å². The number of hydrogen-bond donors (Lipinski definition) is 1. The molecule has 1 amide bonds. The number of hydrogen-bond acceptors (Lipinski definition) is 4. The van der Waals surface area contributed by atoms with E-state index >= 15 is 0 Å². The third-order valence-electron chi connectivity index (χ3n) is 4.87. The zero-order valence-electron chi connectivity index (χ0n) is 17.9. The van der Waals surface area contributed by atoms with Gasteiger partial charge in [-0.25, -0.2) is 0 Å². The van der Waals surface area contributed by atoms with E-state index in [0.29, 0.717) is 29.6 Å². The van der Waals surface area contributed by atoms with Crippen LogP contribution in [-0.2, 0) is 16.1 Å². The molecule has 0 radical (unpaired) electrons. The summed E-state index contributed by atoms with van der Waals surface area (Å²) in [4.78, 5) is 14.8. The van der Waals surface area contributed by atoms with Gasteiger partial charge >= 0.3 is 0 Å². The molecule has 1 fully saturated rings. The van der Waals surface area contributed by atoms with E-state index in [4.69, 9.17) is 16.3 Å². The first-order valence-electron chi connectivity index (χ1n) is 10.3. The number of aromatic nitrogens is 2. The monoisotopic (exact) mass is 410 g/mol. The number of nitrogens with one attached hydrogen (secondary N) is 1. The predicted octanol–water partition coefficient (Wildman–Crippen LogP) is 3.38. The first-order chi connectivity index (χ1) is 13.3. The summed E-state index contributed by atoms with van der Waals surface area (Å²) in [5.74, 6) is 0.928. The molecule has 1 unspecified atom stereocenters. The van der Waals surface area contributed by atoms with Crippen LogP contribution in [0.15, 0.2) is 6.08 Å². The summed E-state index contributed by atoms with van der Waals surface area (Å²) in [6.45, 7) is 15.4. The minimum absolute atomic E-state index is 0.103. The second-order valence-electron chi connectivity index (χ2n) is 8.38. The molecule has 28 heavy (non-hydrogen) atoms. The van der Waals surface area contributed by atoms with Crippen molar-refractivity contribution >= 4 is 23.6 Å². The summed E-state index contributed by atoms with van der Waals surface area (Å²) in [5, 5.41) is 8.12. The van der Waals surface area contributed by atoms with Gasteiger partial charge in [0.05, 0.1) is 18.9 Å². The maximum atomic E-state index is 12.4. The number of carbonyl (C=O) groups is 1. The fraction of sp³-hybridized carbons (Fsp3) is 0.714. The predicted molar refractivity (Wildman–Crippen MR) is 114 cm³/mol. The van der Waals surface area contributed by atoms with Crippen molar-refractivity contribution in [3.63, 3.8) is 0 Å². The molecule has 7 heteroatoms. The fourth-order valence-corrected chi connectivity index (χ4v) is 3.81. The highest BCUT2D eigenvalue weighted by Gasteiger charge is 2.22. The highest BCUT2D eigenvalue weighted by molar-refractivity contribution is 6.31. The Hall–Kier alpha value is -1.37. The summed E-state index contributed by atoms with van der Waals surface area (Å²) < 4.78 is 7.26. The molecule has 2 rings (SSSR count). The van der Waals surface area contributed by atoms with Crippen molar-refractivity contribution in [1.82, 2.24) is 20.0 Å². The minimum Gasteiger partial charge on any atom is -0.379 e. The van der Waals surface area contributed by atoms with Gasteiger partial charge in [-0.05, 0) is 31.3 Å². The van der Waals surface area contributed by atoms with Crippen molar-refractivity contribution in [3.8, 4) is 0 Å². The van der Waals surface area contributed by atoms with Crippen molar-refractivity contribution in [2.24, 2.45) is 11.8 Å². The summed E-state index contributed by atoms with van der Waals surface area (Å²) >= 11 is 6.44. The average molecular weight is 411 g/mol. The molecule has 1 aromatic heterocycles. The molecule has 0 bridgehead atoms. The minimum atomic E-state index is -0.103. The van der Waals surface area contributed by atoms with Gasteiger partial charge < -0.3 is 10.1 Å². The van der Waals surface area contributed by atoms with Gasteiger partial charge in [0.2, 0.25) is 5.91 Å². The molecule has 1 aromatic rings. The topological polar surface area (TPSA) is 59.4 Å². The van der Waals surface area contributed by atoms with Crippen LogP contribution in [0.4, 0.5) is 0 Å². The molecular formula is C21H35ClN4O2. The molecule has 0 saturated carbocycles. The number of nitrogens with zero attached hydrogens (tertiary/aromatic N) is 3.